The lowest BCUT2D eigenvalue weighted by molar-refractivity contribution is -0.112. The van der Waals surface area contributed by atoms with Crippen molar-refractivity contribution in [3.05, 3.63) is 68.7 Å². The van der Waals surface area contributed by atoms with Gasteiger partial charge in [0.2, 0.25) is 0 Å². The molecule has 0 bridgehead atoms. The average molecular weight is 415 g/mol. The van der Waals surface area contributed by atoms with Gasteiger partial charge in [0, 0.05) is 22.5 Å². The van der Waals surface area contributed by atoms with Crippen LogP contribution in [-0.2, 0) is 4.79 Å². The Kier molecular flexibility index (Phi) is 5.59. The highest BCUT2D eigenvalue weighted by Crippen LogP contribution is 2.27. The van der Waals surface area contributed by atoms with E-state index < -0.39 is 5.91 Å². The minimum Gasteiger partial charge on any atom is -0.360 e. The quantitative estimate of drug-likeness (QED) is 0.466. The number of amides is 1. The molecule has 1 amide bonds. The van der Waals surface area contributed by atoms with Crippen LogP contribution in [0.5, 0.6) is 0 Å². The summed E-state index contributed by atoms with van der Waals surface area (Å²) in [5.41, 5.74) is 2.72. The van der Waals surface area contributed by atoms with E-state index in [1.165, 1.54) is 12.1 Å². The zero-order valence-corrected chi connectivity index (χ0v) is 16.9. The third kappa shape index (κ3) is 3.96. The van der Waals surface area contributed by atoms with Crippen molar-refractivity contribution in [2.75, 3.05) is 5.32 Å². The number of nitrogens with one attached hydrogen (secondary N) is 1. The number of nitriles is 1. The van der Waals surface area contributed by atoms with Crippen molar-refractivity contribution in [3.8, 4) is 11.9 Å². The van der Waals surface area contributed by atoms with Gasteiger partial charge in [0.05, 0.1) is 10.7 Å². The van der Waals surface area contributed by atoms with Crippen LogP contribution in [0, 0.1) is 32.1 Å². The molecule has 3 rings (SSSR count). The van der Waals surface area contributed by atoms with Crippen LogP contribution in [0.25, 0.3) is 11.9 Å². The summed E-state index contributed by atoms with van der Waals surface area (Å²) in [7, 11) is 0. The number of benzene rings is 1. The standard InChI is InChI=1S/C20H16Cl2N4O2/c1-11-6-14(13(3)26(11)19-7-12(2)28-25-19)8-15(10-23)20(27)24-18-9-16(21)4-5-17(18)22/h4-9H,1-3H3,(H,24,27)/b15-8+. The van der Waals surface area contributed by atoms with Crippen molar-refractivity contribution in [1.82, 2.24) is 9.72 Å². The first-order valence-corrected chi connectivity index (χ1v) is 9.06. The van der Waals surface area contributed by atoms with E-state index in [2.05, 4.69) is 10.5 Å². The number of halogens is 2. The lowest BCUT2D eigenvalue weighted by Gasteiger charge is -2.07. The molecule has 0 spiro atoms. The van der Waals surface area contributed by atoms with E-state index in [4.69, 9.17) is 27.7 Å². The van der Waals surface area contributed by atoms with Crippen molar-refractivity contribution >= 4 is 40.9 Å². The van der Waals surface area contributed by atoms with Crippen molar-refractivity contribution in [3.63, 3.8) is 0 Å². The summed E-state index contributed by atoms with van der Waals surface area (Å²) in [6.07, 6.45) is 1.53. The van der Waals surface area contributed by atoms with Crippen molar-refractivity contribution in [2.24, 2.45) is 0 Å². The molecule has 0 unspecified atom stereocenters. The Morgan fingerprint density at radius 3 is 2.64 bits per heavy atom. The van der Waals surface area contributed by atoms with Crippen LogP contribution in [-0.4, -0.2) is 15.6 Å². The molecule has 28 heavy (non-hydrogen) atoms. The molecule has 142 valence electrons. The minimum absolute atomic E-state index is 0.0624. The molecular weight excluding hydrogens is 399 g/mol. The predicted octanol–water partition coefficient (Wildman–Crippen LogP) is 5.24. The summed E-state index contributed by atoms with van der Waals surface area (Å²) < 4.78 is 7.03. The first-order chi connectivity index (χ1) is 13.3. The van der Waals surface area contributed by atoms with Crippen LogP contribution in [0.15, 0.2) is 40.4 Å². The highest BCUT2D eigenvalue weighted by molar-refractivity contribution is 6.36. The minimum atomic E-state index is -0.575. The zero-order valence-electron chi connectivity index (χ0n) is 15.4. The summed E-state index contributed by atoms with van der Waals surface area (Å²) >= 11 is 12.0. The molecule has 8 heteroatoms. The maximum atomic E-state index is 12.6. The largest absolute Gasteiger partial charge is 0.360 e. The van der Waals surface area contributed by atoms with Gasteiger partial charge in [0.15, 0.2) is 5.82 Å². The molecule has 0 aliphatic carbocycles. The number of aromatic nitrogens is 2. The Morgan fingerprint density at radius 2 is 2.00 bits per heavy atom. The van der Waals surface area contributed by atoms with Crippen LogP contribution in [0.2, 0.25) is 10.0 Å². The molecule has 6 nitrogen and oxygen atoms in total. The summed E-state index contributed by atoms with van der Waals surface area (Å²) in [4.78, 5) is 12.6. The van der Waals surface area contributed by atoms with E-state index in [0.29, 0.717) is 27.3 Å². The number of hydrogen-bond donors (Lipinski definition) is 1. The van der Waals surface area contributed by atoms with Gasteiger partial charge in [-0.2, -0.15) is 5.26 Å². The number of rotatable bonds is 4. The number of carbonyl (C=O) groups excluding carboxylic acids is 1. The SMILES string of the molecule is Cc1cc(-n2c(C)cc(/C=C(\C#N)C(=O)Nc3cc(Cl)ccc3Cl)c2C)no1. The van der Waals surface area contributed by atoms with Gasteiger partial charge in [-0.05, 0) is 56.7 Å². The Balaban J connectivity index is 1.94. The fourth-order valence-corrected chi connectivity index (χ4v) is 3.17. The van der Waals surface area contributed by atoms with Crippen LogP contribution in [0.1, 0.15) is 22.7 Å². The Bertz CT molecular complexity index is 1140. The van der Waals surface area contributed by atoms with Gasteiger partial charge in [0.1, 0.15) is 17.4 Å². The first-order valence-electron chi connectivity index (χ1n) is 8.31. The monoisotopic (exact) mass is 414 g/mol. The topological polar surface area (TPSA) is 83.9 Å². The van der Waals surface area contributed by atoms with Gasteiger partial charge >= 0.3 is 0 Å². The Labute approximate surface area is 172 Å². The summed E-state index contributed by atoms with van der Waals surface area (Å²) in [6.45, 7) is 5.60. The van der Waals surface area contributed by atoms with Crippen molar-refractivity contribution in [2.45, 2.75) is 20.8 Å². The molecule has 2 heterocycles. The van der Waals surface area contributed by atoms with Crippen LogP contribution in [0.3, 0.4) is 0 Å². The van der Waals surface area contributed by atoms with Crippen molar-refractivity contribution < 1.29 is 9.32 Å². The molecule has 3 aromatic rings. The highest BCUT2D eigenvalue weighted by Gasteiger charge is 2.16. The lowest BCUT2D eigenvalue weighted by Crippen LogP contribution is -2.13. The number of aryl methyl sites for hydroxylation is 2. The van der Waals surface area contributed by atoms with E-state index in [1.54, 1.807) is 12.1 Å². The van der Waals surface area contributed by atoms with E-state index in [9.17, 15) is 10.1 Å². The van der Waals surface area contributed by atoms with Crippen LogP contribution < -0.4 is 5.32 Å². The lowest BCUT2D eigenvalue weighted by atomic mass is 10.1. The molecule has 0 radical (unpaired) electrons. The van der Waals surface area contributed by atoms with Gasteiger partial charge in [-0.25, -0.2) is 0 Å². The number of anilines is 1. The highest BCUT2D eigenvalue weighted by atomic mass is 35.5. The second-order valence-corrected chi connectivity index (χ2v) is 7.05. The van der Waals surface area contributed by atoms with Crippen LogP contribution >= 0.6 is 23.2 Å². The zero-order chi connectivity index (χ0) is 20.4. The molecule has 0 aliphatic rings. The normalized spacial score (nSPS) is 11.4. The van der Waals surface area contributed by atoms with Crippen LogP contribution in [0.4, 0.5) is 5.69 Å². The second-order valence-electron chi connectivity index (χ2n) is 6.21. The number of carbonyl (C=O) groups is 1. The summed E-state index contributed by atoms with van der Waals surface area (Å²) in [5, 5.41) is 16.9. The second kappa shape index (κ2) is 7.93. The fraction of sp³-hybridized carbons (Fsp3) is 0.150. The van der Waals surface area contributed by atoms with E-state index in [-0.39, 0.29) is 5.57 Å². The molecule has 0 saturated heterocycles. The smallest absolute Gasteiger partial charge is 0.266 e. The molecule has 0 aliphatic heterocycles. The van der Waals surface area contributed by atoms with Gasteiger partial charge in [-0.1, -0.05) is 28.4 Å². The van der Waals surface area contributed by atoms with Gasteiger partial charge in [-0.3, -0.25) is 9.36 Å². The fourth-order valence-electron chi connectivity index (χ4n) is 2.83. The van der Waals surface area contributed by atoms with E-state index in [1.807, 2.05) is 43.5 Å². The molecule has 0 saturated carbocycles. The average Bonchev–Trinajstić information content (AvgIpc) is 3.18. The number of nitrogens with zero attached hydrogens (tertiary/aromatic N) is 3. The Hall–Kier alpha value is -3.01. The molecule has 1 N–H and O–H groups in total. The maximum Gasteiger partial charge on any atom is 0.266 e. The molecule has 0 fully saturated rings. The summed E-state index contributed by atoms with van der Waals surface area (Å²) in [6, 6.07) is 10.3. The van der Waals surface area contributed by atoms with Crippen molar-refractivity contribution in [1.29, 1.82) is 5.26 Å². The molecule has 1 aromatic carbocycles. The van der Waals surface area contributed by atoms with E-state index >= 15 is 0 Å². The summed E-state index contributed by atoms with van der Waals surface area (Å²) in [5.74, 6) is 0.754. The molecular formula is C20H16Cl2N4O2. The van der Waals surface area contributed by atoms with Gasteiger partial charge in [-0.15, -0.1) is 0 Å². The number of hydrogen-bond acceptors (Lipinski definition) is 4. The van der Waals surface area contributed by atoms with Gasteiger partial charge < -0.3 is 9.84 Å². The molecule has 2 aromatic heterocycles. The van der Waals surface area contributed by atoms with E-state index in [0.717, 1.165) is 17.0 Å². The maximum absolute atomic E-state index is 12.6. The third-order valence-electron chi connectivity index (χ3n) is 4.16. The first kappa shape index (κ1) is 19.7. The Morgan fingerprint density at radius 1 is 1.25 bits per heavy atom. The molecule has 0 atom stereocenters. The van der Waals surface area contributed by atoms with Gasteiger partial charge in [0.25, 0.3) is 5.91 Å². The third-order valence-corrected chi connectivity index (χ3v) is 4.72. The predicted molar refractivity (Wildman–Crippen MR) is 109 cm³/mol.